The molecule has 3 heterocycles. The smallest absolute Gasteiger partial charge is 0.241 e. The average molecular weight is 364 g/mol. The zero-order chi connectivity index (χ0) is 17.2. The number of hydrazine groups is 1. The summed E-state index contributed by atoms with van der Waals surface area (Å²) in [5.74, 6) is 0.208. The van der Waals surface area contributed by atoms with Crippen LogP contribution in [0.4, 0.5) is 0 Å². The third-order valence-electron chi connectivity index (χ3n) is 5.62. The lowest BCUT2D eigenvalue weighted by molar-refractivity contribution is -0.132. The number of carbonyl (C=O) groups is 1. The first-order valence-electron chi connectivity index (χ1n) is 9.21. The number of carbonyl (C=O) groups excluding carboxylic acids is 1. The number of hydrogen-bond donors (Lipinski definition) is 3. The Balaban J connectivity index is 1.34. The largest absolute Gasteiger partial charge is 0.340 e. The Morgan fingerprint density at radius 2 is 1.92 bits per heavy atom. The zero-order valence-electron chi connectivity index (χ0n) is 14.4. The van der Waals surface area contributed by atoms with Gasteiger partial charge in [0.1, 0.15) is 6.04 Å². The maximum absolute atomic E-state index is 12.9. The summed E-state index contributed by atoms with van der Waals surface area (Å²) < 4.78 is 0. The van der Waals surface area contributed by atoms with Gasteiger partial charge in [0.15, 0.2) is 0 Å². The van der Waals surface area contributed by atoms with Crippen molar-refractivity contribution in [2.45, 2.75) is 31.0 Å². The number of nitrogens with one attached hydrogen (secondary N) is 3. The van der Waals surface area contributed by atoms with Gasteiger partial charge in [-0.1, -0.05) is 29.8 Å². The van der Waals surface area contributed by atoms with E-state index in [4.69, 9.17) is 11.6 Å². The Morgan fingerprint density at radius 3 is 2.72 bits per heavy atom. The Bertz CT molecular complexity index is 621. The first-order valence-corrected chi connectivity index (χ1v) is 9.59. The van der Waals surface area contributed by atoms with E-state index >= 15 is 0 Å². The fraction of sp³-hybridized carbons (Fsp3) is 0.611. The molecule has 3 saturated heterocycles. The summed E-state index contributed by atoms with van der Waals surface area (Å²) in [5, 5.41) is 4.14. The van der Waals surface area contributed by atoms with Crippen molar-refractivity contribution in [2.24, 2.45) is 0 Å². The number of piperazine rings is 1. The second-order valence-corrected chi connectivity index (χ2v) is 7.57. The van der Waals surface area contributed by atoms with Crippen LogP contribution in [0.3, 0.4) is 0 Å². The van der Waals surface area contributed by atoms with Crippen LogP contribution < -0.4 is 16.2 Å². The predicted octanol–water partition coefficient (Wildman–Crippen LogP) is 0.754. The molecular weight excluding hydrogens is 338 g/mol. The lowest BCUT2D eigenvalue weighted by Crippen LogP contribution is -2.50. The van der Waals surface area contributed by atoms with Gasteiger partial charge in [-0.2, -0.15) is 0 Å². The normalized spacial score (nSPS) is 30.8. The van der Waals surface area contributed by atoms with Crippen molar-refractivity contribution in [3.63, 3.8) is 0 Å². The van der Waals surface area contributed by atoms with Gasteiger partial charge in [0.25, 0.3) is 0 Å². The van der Waals surface area contributed by atoms with Crippen LogP contribution in [-0.2, 0) is 4.79 Å². The molecule has 0 bridgehead atoms. The van der Waals surface area contributed by atoms with E-state index in [-0.39, 0.29) is 18.0 Å². The Labute approximate surface area is 153 Å². The highest BCUT2D eigenvalue weighted by molar-refractivity contribution is 6.31. The minimum Gasteiger partial charge on any atom is -0.340 e. The van der Waals surface area contributed by atoms with E-state index in [2.05, 4.69) is 21.1 Å². The van der Waals surface area contributed by atoms with Crippen molar-refractivity contribution in [3.05, 3.63) is 34.9 Å². The van der Waals surface area contributed by atoms with Crippen molar-refractivity contribution in [2.75, 3.05) is 39.3 Å². The van der Waals surface area contributed by atoms with Crippen LogP contribution in [0.25, 0.3) is 0 Å². The van der Waals surface area contributed by atoms with E-state index < -0.39 is 0 Å². The maximum atomic E-state index is 12.9. The topological polar surface area (TPSA) is 59.6 Å². The molecule has 1 aromatic carbocycles. The molecule has 3 unspecified atom stereocenters. The van der Waals surface area contributed by atoms with Crippen LogP contribution in [0.1, 0.15) is 24.4 Å². The van der Waals surface area contributed by atoms with Crippen LogP contribution >= 0.6 is 11.6 Å². The summed E-state index contributed by atoms with van der Waals surface area (Å²) in [5.41, 5.74) is 7.47. The molecule has 0 spiro atoms. The number of hydrogen-bond acceptors (Lipinski definition) is 5. The summed E-state index contributed by atoms with van der Waals surface area (Å²) >= 11 is 6.29. The number of amides is 1. The predicted molar refractivity (Wildman–Crippen MR) is 98.3 cm³/mol. The molecule has 0 aliphatic carbocycles. The van der Waals surface area contributed by atoms with Gasteiger partial charge in [-0.3, -0.25) is 9.69 Å². The lowest BCUT2D eigenvalue weighted by atomic mass is 10.0. The summed E-state index contributed by atoms with van der Waals surface area (Å²) in [4.78, 5) is 17.5. The number of halogens is 1. The molecule has 136 valence electrons. The summed E-state index contributed by atoms with van der Waals surface area (Å²) in [7, 11) is 0. The van der Waals surface area contributed by atoms with E-state index in [0.29, 0.717) is 6.04 Å². The fourth-order valence-corrected chi connectivity index (χ4v) is 4.45. The zero-order valence-corrected chi connectivity index (χ0v) is 15.1. The summed E-state index contributed by atoms with van der Waals surface area (Å²) in [6.07, 6.45) is 1.82. The van der Waals surface area contributed by atoms with Gasteiger partial charge in [-0.15, -0.1) is 0 Å². The van der Waals surface area contributed by atoms with Crippen LogP contribution in [0.5, 0.6) is 0 Å². The molecule has 0 saturated carbocycles. The monoisotopic (exact) mass is 363 g/mol. The highest BCUT2D eigenvalue weighted by Gasteiger charge is 2.37. The van der Waals surface area contributed by atoms with Crippen molar-refractivity contribution >= 4 is 17.5 Å². The standard InChI is InChI=1S/C18H26ClN5O/c19-15-4-2-1-3-14(15)16-11-17(22-21-16)18(25)24-8-5-13(12-24)23-9-6-20-7-10-23/h1-4,13,16-17,20-22H,5-12H2. The van der Waals surface area contributed by atoms with Crippen LogP contribution in [-0.4, -0.2) is 67.1 Å². The second kappa shape index (κ2) is 7.60. The molecular formula is C18H26ClN5O. The molecule has 3 N–H and O–H groups in total. The number of benzene rings is 1. The van der Waals surface area contributed by atoms with Crippen LogP contribution in [0.2, 0.25) is 5.02 Å². The van der Waals surface area contributed by atoms with Gasteiger partial charge in [0.2, 0.25) is 5.91 Å². The van der Waals surface area contributed by atoms with Gasteiger partial charge in [0, 0.05) is 56.4 Å². The van der Waals surface area contributed by atoms with Gasteiger partial charge >= 0.3 is 0 Å². The first kappa shape index (κ1) is 17.2. The Hall–Kier alpha value is -1.18. The first-order chi connectivity index (χ1) is 12.2. The highest BCUT2D eigenvalue weighted by atomic mass is 35.5. The number of rotatable bonds is 3. The minimum atomic E-state index is -0.178. The van der Waals surface area contributed by atoms with E-state index in [1.807, 2.05) is 29.2 Å². The van der Waals surface area contributed by atoms with Gasteiger partial charge in [-0.25, -0.2) is 10.9 Å². The molecule has 3 aliphatic heterocycles. The van der Waals surface area contributed by atoms with E-state index in [1.165, 1.54) is 0 Å². The molecule has 1 amide bonds. The summed E-state index contributed by atoms with van der Waals surface area (Å²) in [6, 6.07) is 8.24. The minimum absolute atomic E-state index is 0.0780. The fourth-order valence-electron chi connectivity index (χ4n) is 4.19. The summed E-state index contributed by atoms with van der Waals surface area (Å²) in [6.45, 7) is 6.00. The van der Waals surface area contributed by atoms with E-state index in [9.17, 15) is 4.79 Å². The quantitative estimate of drug-likeness (QED) is 0.740. The second-order valence-electron chi connectivity index (χ2n) is 7.16. The van der Waals surface area contributed by atoms with Crippen LogP contribution in [0.15, 0.2) is 24.3 Å². The van der Waals surface area contributed by atoms with E-state index in [1.54, 1.807) is 0 Å². The third-order valence-corrected chi connectivity index (χ3v) is 5.97. The van der Waals surface area contributed by atoms with Gasteiger partial charge in [0.05, 0.1) is 0 Å². The number of likely N-dealkylation sites (tertiary alicyclic amines) is 1. The third kappa shape index (κ3) is 3.68. The number of nitrogens with zero attached hydrogens (tertiary/aromatic N) is 2. The molecule has 7 heteroatoms. The molecule has 0 radical (unpaired) electrons. The van der Waals surface area contributed by atoms with Gasteiger partial charge < -0.3 is 10.2 Å². The Morgan fingerprint density at radius 1 is 1.12 bits per heavy atom. The van der Waals surface area contributed by atoms with Crippen molar-refractivity contribution < 1.29 is 4.79 Å². The molecule has 4 rings (SSSR count). The van der Waals surface area contributed by atoms with Crippen LogP contribution in [0, 0.1) is 0 Å². The average Bonchev–Trinajstić information content (AvgIpc) is 3.32. The highest BCUT2D eigenvalue weighted by Crippen LogP contribution is 2.29. The van der Waals surface area contributed by atoms with E-state index in [0.717, 1.165) is 62.7 Å². The molecule has 3 fully saturated rings. The molecule has 0 aromatic heterocycles. The van der Waals surface area contributed by atoms with Crippen molar-refractivity contribution in [1.82, 2.24) is 26.0 Å². The van der Waals surface area contributed by atoms with Gasteiger partial charge in [-0.05, 0) is 24.5 Å². The Kier molecular flexibility index (Phi) is 5.24. The lowest BCUT2D eigenvalue weighted by Gasteiger charge is -2.32. The maximum Gasteiger partial charge on any atom is 0.241 e. The molecule has 3 atom stereocenters. The molecule has 6 nitrogen and oxygen atoms in total. The van der Waals surface area contributed by atoms with Crippen molar-refractivity contribution in [1.29, 1.82) is 0 Å². The molecule has 25 heavy (non-hydrogen) atoms. The molecule has 1 aromatic rings. The van der Waals surface area contributed by atoms with Crippen molar-refractivity contribution in [3.8, 4) is 0 Å². The SMILES string of the molecule is O=C(C1CC(c2ccccc2Cl)NN1)N1CCC(N2CCNCC2)C1. The molecule has 3 aliphatic rings.